The van der Waals surface area contributed by atoms with Crippen LogP contribution in [0.1, 0.15) is 10.4 Å². The van der Waals surface area contributed by atoms with Crippen molar-refractivity contribution in [2.24, 2.45) is 0 Å². The van der Waals surface area contributed by atoms with Crippen molar-refractivity contribution in [1.29, 1.82) is 0 Å². The zero-order valence-electron chi connectivity index (χ0n) is 11.7. The Kier molecular flexibility index (Phi) is 5.32. The first-order valence-corrected chi connectivity index (χ1v) is 5.92. The predicted molar refractivity (Wildman–Crippen MR) is 73.1 cm³/mol. The summed E-state index contributed by atoms with van der Waals surface area (Å²) in [7, 11) is 0. The molecule has 0 saturated carbocycles. The fraction of sp³-hybridized carbons (Fsp3) is 0.364. The fourth-order valence-electron chi connectivity index (χ4n) is 2.12. The third kappa shape index (κ3) is 3.27. The van der Waals surface area contributed by atoms with Gasteiger partial charge in [-0.05, 0) is 0 Å². The summed E-state index contributed by atoms with van der Waals surface area (Å²) in [5, 5.41) is 33.1. The minimum atomic E-state index is -1.71. The third-order valence-corrected chi connectivity index (χ3v) is 3.03. The van der Waals surface area contributed by atoms with Crippen LogP contribution >= 0.6 is 0 Å². The summed E-state index contributed by atoms with van der Waals surface area (Å²) in [5.74, 6) is -1.71. The molecule has 1 heterocycles. The van der Waals surface area contributed by atoms with Crippen molar-refractivity contribution in [3.8, 4) is 0 Å². The van der Waals surface area contributed by atoms with E-state index in [1.54, 1.807) is 0 Å². The second-order valence-corrected chi connectivity index (χ2v) is 4.26. The molecule has 1 aliphatic heterocycles. The molecule has 11 nitrogen and oxygen atoms in total. The number of morpholine rings is 1. The number of hydrogen-bond acceptors (Lipinski definition) is 8. The first-order valence-electron chi connectivity index (χ1n) is 5.92. The molecular weight excluding hydrogens is 300 g/mol. The standard InChI is InChI=1S/C11H11N3O7.H3N/c15-11(16)8-5-7(13(17)18)6-9(14(19)20)10(8)12-1-3-21-4-2-12;/h5-6H,1-4H2,(H,15,16);1H3. The van der Waals surface area contributed by atoms with Crippen LogP contribution in [0.15, 0.2) is 12.1 Å². The summed E-state index contributed by atoms with van der Waals surface area (Å²) in [6.07, 6.45) is 0. The van der Waals surface area contributed by atoms with Crippen LogP contribution in [0.5, 0.6) is 0 Å². The van der Waals surface area contributed by atoms with Crippen molar-refractivity contribution in [3.05, 3.63) is 37.9 Å². The highest BCUT2D eigenvalue weighted by Gasteiger charge is 2.29. The monoisotopic (exact) mass is 314 g/mol. The quantitative estimate of drug-likeness (QED) is 0.599. The maximum absolute atomic E-state index is 11.2. The molecule has 1 aromatic rings. The number of hydrogen-bond donors (Lipinski definition) is 1. The molecule has 11 heteroatoms. The van der Waals surface area contributed by atoms with Crippen molar-refractivity contribution >= 4 is 23.0 Å². The maximum atomic E-state index is 11.2. The molecular formula is C11H14N4O7. The van der Waals surface area contributed by atoms with E-state index in [4.69, 9.17) is 4.74 Å². The molecule has 4 N–H and O–H groups in total. The predicted octanol–water partition coefficient (Wildman–Crippen LogP) is 0.0793. The van der Waals surface area contributed by atoms with Crippen LogP contribution in [0, 0.1) is 20.2 Å². The minimum Gasteiger partial charge on any atom is -0.545 e. The molecule has 1 aromatic carbocycles. The van der Waals surface area contributed by atoms with Gasteiger partial charge in [-0.3, -0.25) is 20.2 Å². The van der Waals surface area contributed by atoms with Crippen molar-refractivity contribution in [1.82, 2.24) is 6.15 Å². The van der Waals surface area contributed by atoms with E-state index in [2.05, 4.69) is 0 Å². The highest BCUT2D eigenvalue weighted by molar-refractivity contribution is 5.97. The van der Waals surface area contributed by atoms with Gasteiger partial charge in [-0.2, -0.15) is 0 Å². The number of nitrogens with zero attached hydrogens (tertiary/aromatic N) is 3. The Hall–Kier alpha value is -2.79. The van der Waals surface area contributed by atoms with E-state index in [-0.39, 0.29) is 38.1 Å². The van der Waals surface area contributed by atoms with Gasteiger partial charge in [0, 0.05) is 24.7 Å². The van der Waals surface area contributed by atoms with Crippen molar-refractivity contribution < 1.29 is 24.5 Å². The molecule has 0 bridgehead atoms. The molecule has 0 aliphatic carbocycles. The van der Waals surface area contributed by atoms with Gasteiger partial charge in [-0.25, -0.2) is 0 Å². The lowest BCUT2D eigenvalue weighted by atomic mass is 10.1. The van der Waals surface area contributed by atoms with Gasteiger partial charge in [0.05, 0.1) is 35.1 Å². The molecule has 1 fully saturated rings. The number of benzene rings is 1. The van der Waals surface area contributed by atoms with Crippen molar-refractivity contribution in [2.45, 2.75) is 0 Å². The number of anilines is 1. The minimum absolute atomic E-state index is 0. The fourth-order valence-corrected chi connectivity index (χ4v) is 2.12. The van der Waals surface area contributed by atoms with Crippen LogP contribution in [0.25, 0.3) is 0 Å². The average Bonchev–Trinajstić information content (AvgIpc) is 2.46. The smallest absolute Gasteiger partial charge is 0.300 e. The van der Waals surface area contributed by atoms with Crippen LogP contribution < -0.4 is 16.2 Å². The van der Waals surface area contributed by atoms with Crippen molar-refractivity contribution in [2.75, 3.05) is 31.2 Å². The highest BCUT2D eigenvalue weighted by atomic mass is 16.6. The maximum Gasteiger partial charge on any atom is 0.300 e. The molecule has 0 aromatic heterocycles. The molecule has 0 radical (unpaired) electrons. The van der Waals surface area contributed by atoms with E-state index in [0.29, 0.717) is 0 Å². The lowest BCUT2D eigenvalue weighted by Crippen LogP contribution is -2.38. The van der Waals surface area contributed by atoms with Gasteiger partial charge in [0.1, 0.15) is 5.69 Å². The first-order chi connectivity index (χ1) is 9.91. The van der Waals surface area contributed by atoms with E-state index in [9.17, 15) is 30.1 Å². The van der Waals surface area contributed by atoms with Crippen LogP contribution in [0.4, 0.5) is 17.1 Å². The summed E-state index contributed by atoms with van der Waals surface area (Å²) < 4.78 is 5.10. The van der Waals surface area contributed by atoms with E-state index >= 15 is 0 Å². The lowest BCUT2D eigenvalue weighted by Gasteiger charge is -2.30. The van der Waals surface area contributed by atoms with E-state index in [1.807, 2.05) is 0 Å². The zero-order chi connectivity index (χ0) is 15.6. The highest BCUT2D eigenvalue weighted by Crippen LogP contribution is 2.36. The van der Waals surface area contributed by atoms with Crippen LogP contribution in [0.2, 0.25) is 0 Å². The molecule has 120 valence electrons. The molecule has 22 heavy (non-hydrogen) atoms. The van der Waals surface area contributed by atoms with Gasteiger partial charge in [0.15, 0.2) is 0 Å². The Labute approximate surface area is 124 Å². The Morgan fingerprint density at radius 2 is 1.73 bits per heavy atom. The molecule has 2 rings (SSSR count). The summed E-state index contributed by atoms with van der Waals surface area (Å²) in [5.41, 5.74) is -2.06. The molecule has 1 aliphatic rings. The number of carboxylic acids is 1. The second kappa shape index (κ2) is 6.78. The van der Waals surface area contributed by atoms with Crippen LogP contribution in [-0.4, -0.2) is 42.1 Å². The number of carboxylic acid groups (broad SMARTS) is 1. The molecule has 0 atom stereocenters. The molecule has 0 spiro atoms. The van der Waals surface area contributed by atoms with Gasteiger partial charge in [-0.1, -0.05) is 0 Å². The number of aromatic carboxylic acids is 1. The van der Waals surface area contributed by atoms with Crippen molar-refractivity contribution in [3.63, 3.8) is 0 Å². The van der Waals surface area contributed by atoms with Gasteiger partial charge >= 0.3 is 0 Å². The zero-order valence-corrected chi connectivity index (χ0v) is 11.7. The summed E-state index contributed by atoms with van der Waals surface area (Å²) in [6, 6.07) is 1.52. The van der Waals surface area contributed by atoms with Gasteiger partial charge in [-0.15, -0.1) is 0 Å². The summed E-state index contributed by atoms with van der Waals surface area (Å²) >= 11 is 0. The topological polar surface area (TPSA) is 175 Å². The van der Waals surface area contributed by atoms with Crippen LogP contribution in [-0.2, 0) is 4.74 Å². The summed E-state index contributed by atoms with van der Waals surface area (Å²) in [4.78, 5) is 32.8. The molecule has 1 saturated heterocycles. The van der Waals surface area contributed by atoms with Gasteiger partial charge in [0.2, 0.25) is 0 Å². The summed E-state index contributed by atoms with van der Waals surface area (Å²) in [6.45, 7) is 1.05. The van der Waals surface area contributed by atoms with Gasteiger partial charge in [0.25, 0.3) is 11.4 Å². The van der Waals surface area contributed by atoms with Gasteiger partial charge < -0.3 is 25.7 Å². The Bertz CT molecular complexity index is 577. The number of rotatable bonds is 4. The largest absolute Gasteiger partial charge is 0.545 e. The number of carbonyl (C=O) groups is 1. The Morgan fingerprint density at radius 1 is 1.14 bits per heavy atom. The Morgan fingerprint density at radius 3 is 2.18 bits per heavy atom. The number of quaternary nitrogens is 1. The van der Waals surface area contributed by atoms with E-state index in [1.165, 1.54) is 4.90 Å². The normalized spacial score (nSPS) is 14.1. The number of ether oxygens (including phenoxy) is 1. The average molecular weight is 314 g/mol. The van der Waals surface area contributed by atoms with Crippen LogP contribution in [0.3, 0.4) is 0 Å². The molecule has 0 unspecified atom stereocenters. The van der Waals surface area contributed by atoms with E-state index < -0.39 is 32.8 Å². The third-order valence-electron chi connectivity index (χ3n) is 3.03. The SMILES string of the molecule is O=C([O-])c1cc([N+](=O)[O-])cc([N+](=O)[O-])c1N1CCOCC1.[NH4+]. The molecule has 0 amide bonds. The number of carbonyl (C=O) groups excluding carboxylic acids is 1. The number of nitro benzene ring substituents is 2. The number of non-ortho nitro benzene ring substituents is 1. The van der Waals surface area contributed by atoms with E-state index in [0.717, 1.165) is 12.1 Å². The first kappa shape index (κ1) is 17.3. The lowest BCUT2D eigenvalue weighted by molar-refractivity contribution is -0.393. The second-order valence-electron chi connectivity index (χ2n) is 4.26. The number of nitro groups is 2. The Balaban J connectivity index is 0.00000242.